The van der Waals surface area contributed by atoms with Gasteiger partial charge in [-0.2, -0.15) is 0 Å². The highest BCUT2D eigenvalue weighted by atomic mass is 32.2. The molecule has 1 aliphatic rings. The van der Waals surface area contributed by atoms with Crippen LogP contribution in [0.15, 0.2) is 52.9 Å². The van der Waals surface area contributed by atoms with Crippen molar-refractivity contribution < 1.29 is 14.6 Å². The third-order valence-corrected chi connectivity index (χ3v) is 7.41. The highest BCUT2D eigenvalue weighted by molar-refractivity contribution is 8.00. The van der Waals surface area contributed by atoms with E-state index in [2.05, 4.69) is 46.2 Å². The molecule has 0 amide bonds. The number of thiazole rings is 1. The van der Waals surface area contributed by atoms with E-state index >= 15 is 0 Å². The third-order valence-electron chi connectivity index (χ3n) is 5.62. The van der Waals surface area contributed by atoms with Gasteiger partial charge in [-0.05, 0) is 55.9 Å². The fourth-order valence-electron chi connectivity index (χ4n) is 3.92. The van der Waals surface area contributed by atoms with Crippen LogP contribution in [0.3, 0.4) is 0 Å². The molecule has 1 saturated heterocycles. The van der Waals surface area contributed by atoms with E-state index in [4.69, 9.17) is 14.8 Å². The monoisotopic (exact) mass is 469 g/mol. The molecular weight excluding hydrogens is 442 g/mol. The first-order chi connectivity index (χ1) is 15.5. The van der Waals surface area contributed by atoms with Crippen molar-refractivity contribution in [2.24, 2.45) is 5.92 Å². The Balaban J connectivity index is 1.36. The molecule has 2 heterocycles. The molecule has 0 bridgehead atoms. The number of ether oxygens (including phenoxy) is 1. The number of nitrogens with zero attached hydrogens (tertiary/aromatic N) is 2. The first-order valence-electron chi connectivity index (χ1n) is 10.6. The summed E-state index contributed by atoms with van der Waals surface area (Å²) in [5.41, 5.74) is 3.62. The Morgan fingerprint density at radius 2 is 2.12 bits per heavy atom. The lowest BCUT2D eigenvalue weighted by Gasteiger charge is -2.32. The van der Waals surface area contributed by atoms with Crippen LogP contribution in [0.25, 0.3) is 0 Å². The summed E-state index contributed by atoms with van der Waals surface area (Å²) in [6.45, 7) is 4.20. The average molecular weight is 470 g/mol. The van der Waals surface area contributed by atoms with Crippen LogP contribution in [0.2, 0.25) is 0 Å². The van der Waals surface area contributed by atoms with E-state index in [-0.39, 0.29) is 5.56 Å². The maximum atomic E-state index is 11.2. The van der Waals surface area contributed by atoms with Gasteiger partial charge in [0.05, 0.1) is 18.4 Å². The fraction of sp³-hybridized carbons (Fsp3) is 0.333. The van der Waals surface area contributed by atoms with E-state index in [0.29, 0.717) is 17.4 Å². The minimum absolute atomic E-state index is 0.193. The third kappa shape index (κ3) is 5.55. The number of aromatic nitrogens is 1. The maximum Gasteiger partial charge on any atom is 0.335 e. The van der Waals surface area contributed by atoms with Gasteiger partial charge in [0, 0.05) is 30.4 Å². The number of benzene rings is 2. The first-order valence-corrected chi connectivity index (χ1v) is 12.3. The van der Waals surface area contributed by atoms with Gasteiger partial charge in [-0.1, -0.05) is 29.8 Å². The van der Waals surface area contributed by atoms with E-state index in [1.165, 1.54) is 49.1 Å². The van der Waals surface area contributed by atoms with Gasteiger partial charge in [0.1, 0.15) is 10.8 Å². The zero-order valence-corrected chi connectivity index (χ0v) is 19.8. The molecule has 1 aromatic heterocycles. The van der Waals surface area contributed by atoms with Crippen LogP contribution in [0, 0.1) is 12.8 Å². The van der Waals surface area contributed by atoms with Crippen LogP contribution in [0.1, 0.15) is 34.3 Å². The molecule has 4 rings (SSSR count). The molecule has 1 aliphatic heterocycles. The molecule has 2 aromatic carbocycles. The van der Waals surface area contributed by atoms with Crippen LogP contribution in [0.4, 0.5) is 10.8 Å². The van der Waals surface area contributed by atoms with E-state index < -0.39 is 5.97 Å². The van der Waals surface area contributed by atoms with Gasteiger partial charge in [-0.15, -0.1) is 11.3 Å². The van der Waals surface area contributed by atoms with Crippen molar-refractivity contribution in [3.63, 3.8) is 0 Å². The quantitative estimate of drug-likeness (QED) is 0.408. The fourth-order valence-corrected chi connectivity index (χ4v) is 5.56. The largest absolute Gasteiger partial charge is 0.495 e. The molecule has 0 aliphatic carbocycles. The van der Waals surface area contributed by atoms with Gasteiger partial charge in [-0.25, -0.2) is 9.78 Å². The molecule has 8 heteroatoms. The second kappa shape index (κ2) is 10.3. The van der Waals surface area contributed by atoms with Crippen LogP contribution in [0.5, 0.6) is 5.75 Å². The van der Waals surface area contributed by atoms with E-state index in [1.54, 1.807) is 23.5 Å². The lowest BCUT2D eigenvalue weighted by atomic mass is 9.91. The molecule has 1 atom stereocenters. The van der Waals surface area contributed by atoms with Crippen molar-refractivity contribution in [1.82, 2.24) is 4.98 Å². The van der Waals surface area contributed by atoms with Crippen molar-refractivity contribution in [2.75, 3.05) is 29.8 Å². The SMILES string of the molecule is COc1cc(C(=O)O)ccc1NSc1csc(N2CCCC(Cc3ccc(C)cc3)C2)n1. The Labute approximate surface area is 196 Å². The number of hydrogen-bond donors (Lipinski definition) is 2. The van der Waals surface area contributed by atoms with Crippen molar-refractivity contribution in [3.05, 3.63) is 64.5 Å². The minimum Gasteiger partial charge on any atom is -0.495 e. The number of anilines is 2. The van der Waals surface area contributed by atoms with Crippen LogP contribution >= 0.6 is 23.3 Å². The van der Waals surface area contributed by atoms with Gasteiger partial charge >= 0.3 is 5.97 Å². The number of aryl methyl sites for hydroxylation is 1. The van der Waals surface area contributed by atoms with Gasteiger partial charge < -0.3 is 19.5 Å². The standard InChI is InChI=1S/C24H27N3O3S2/c1-16-5-7-17(8-6-16)12-18-4-3-11-27(14-18)24-25-22(15-31-24)32-26-20-10-9-19(23(28)29)13-21(20)30-2/h5-10,13,15,18,26H,3-4,11-12,14H2,1-2H3,(H,28,29). The highest BCUT2D eigenvalue weighted by Crippen LogP contribution is 2.34. The highest BCUT2D eigenvalue weighted by Gasteiger charge is 2.22. The van der Waals surface area contributed by atoms with Crippen LogP contribution < -0.4 is 14.4 Å². The topological polar surface area (TPSA) is 74.7 Å². The summed E-state index contributed by atoms with van der Waals surface area (Å²) in [6, 6.07) is 13.7. The molecule has 168 valence electrons. The number of carbonyl (C=O) groups is 1. The molecule has 0 saturated carbocycles. The summed E-state index contributed by atoms with van der Waals surface area (Å²) in [5.74, 6) is 0.151. The van der Waals surface area contributed by atoms with Crippen LogP contribution in [-0.4, -0.2) is 36.3 Å². The Morgan fingerprint density at radius 3 is 2.88 bits per heavy atom. The summed E-state index contributed by atoms with van der Waals surface area (Å²) in [5, 5.41) is 13.1. The van der Waals surface area contributed by atoms with Gasteiger partial charge in [0.25, 0.3) is 0 Å². The summed E-state index contributed by atoms with van der Waals surface area (Å²) in [7, 11) is 1.53. The molecule has 1 unspecified atom stereocenters. The summed E-state index contributed by atoms with van der Waals surface area (Å²) >= 11 is 3.06. The Morgan fingerprint density at radius 1 is 1.31 bits per heavy atom. The number of hydrogen-bond acceptors (Lipinski definition) is 7. The lowest BCUT2D eigenvalue weighted by molar-refractivity contribution is 0.0696. The molecular formula is C24H27N3O3S2. The molecule has 0 spiro atoms. The zero-order valence-electron chi connectivity index (χ0n) is 18.2. The maximum absolute atomic E-state index is 11.2. The normalized spacial score (nSPS) is 16.1. The molecule has 2 N–H and O–H groups in total. The number of carboxylic acids is 1. The smallest absolute Gasteiger partial charge is 0.335 e. The number of methoxy groups -OCH3 is 1. The van der Waals surface area contributed by atoms with Crippen molar-refractivity contribution in [3.8, 4) is 5.75 Å². The van der Waals surface area contributed by atoms with Crippen molar-refractivity contribution in [1.29, 1.82) is 0 Å². The summed E-state index contributed by atoms with van der Waals surface area (Å²) in [6.07, 6.45) is 3.55. The van der Waals surface area contributed by atoms with Gasteiger partial charge in [0.15, 0.2) is 5.13 Å². The summed E-state index contributed by atoms with van der Waals surface area (Å²) < 4.78 is 8.56. The Kier molecular flexibility index (Phi) is 7.22. The van der Waals surface area contributed by atoms with Gasteiger partial charge in [0.2, 0.25) is 0 Å². The van der Waals surface area contributed by atoms with Gasteiger partial charge in [-0.3, -0.25) is 0 Å². The van der Waals surface area contributed by atoms with Crippen LogP contribution in [-0.2, 0) is 6.42 Å². The second-order valence-corrected chi connectivity index (χ2v) is 9.70. The van der Waals surface area contributed by atoms with E-state index in [9.17, 15) is 4.79 Å². The summed E-state index contributed by atoms with van der Waals surface area (Å²) in [4.78, 5) is 18.4. The number of aromatic carboxylic acids is 1. The Bertz CT molecular complexity index is 1070. The zero-order chi connectivity index (χ0) is 22.5. The van der Waals surface area contributed by atoms with Crippen molar-refractivity contribution in [2.45, 2.75) is 31.2 Å². The Hall–Kier alpha value is -2.71. The predicted molar refractivity (Wildman–Crippen MR) is 131 cm³/mol. The van der Waals surface area contributed by atoms with E-state index in [0.717, 1.165) is 29.7 Å². The first kappa shape index (κ1) is 22.5. The molecule has 1 fully saturated rings. The second-order valence-electron chi connectivity index (χ2n) is 8.04. The molecule has 0 radical (unpaired) electrons. The molecule has 32 heavy (non-hydrogen) atoms. The number of nitrogens with one attached hydrogen (secondary N) is 1. The minimum atomic E-state index is -0.978. The number of rotatable bonds is 8. The molecule has 3 aromatic rings. The number of piperidine rings is 1. The predicted octanol–water partition coefficient (Wildman–Crippen LogP) is 5.74. The molecule has 6 nitrogen and oxygen atoms in total. The lowest BCUT2D eigenvalue weighted by Crippen LogP contribution is -2.36. The average Bonchev–Trinajstić information content (AvgIpc) is 3.28. The number of carboxylic acid groups (broad SMARTS) is 1. The van der Waals surface area contributed by atoms with E-state index in [1.807, 2.05) is 0 Å². The van der Waals surface area contributed by atoms with Crippen molar-refractivity contribution >= 4 is 40.1 Å².